The minimum Gasteiger partial charge on any atom is -0.368 e. The van der Waals surface area contributed by atoms with E-state index in [1.165, 1.54) is 0 Å². The summed E-state index contributed by atoms with van der Waals surface area (Å²) >= 11 is 0. The quantitative estimate of drug-likeness (QED) is 0.821. The summed E-state index contributed by atoms with van der Waals surface area (Å²) in [6, 6.07) is 10.2. The predicted octanol–water partition coefficient (Wildman–Crippen LogP) is 2.72. The molecule has 2 amide bonds. The molecule has 3 saturated heterocycles. The zero-order chi connectivity index (χ0) is 18.7. The Hall–Kier alpha value is -2.14. The van der Waals surface area contributed by atoms with E-state index in [2.05, 4.69) is 24.3 Å². The Balaban J connectivity index is 1.30. The second-order valence-corrected chi connectivity index (χ2v) is 8.09. The standard InChI is InChI=1S/C22H28N2O3/c25-20-16-22(17-24(20)12-4-8-18-6-2-1-3-7-18)10-13-23(14-11-22)21(26)19-9-5-15-27-19/h1-4,6-8,19H,5,9-17H2/b8-4+/t19-/m1/s1. The topological polar surface area (TPSA) is 49.9 Å². The Kier molecular flexibility index (Phi) is 5.30. The third kappa shape index (κ3) is 4.08. The molecule has 3 aliphatic rings. The van der Waals surface area contributed by atoms with Crippen molar-refractivity contribution in [3.05, 3.63) is 42.0 Å². The number of piperidine rings is 1. The number of benzene rings is 1. The first kappa shape index (κ1) is 18.2. The SMILES string of the molecule is O=C1CC2(CCN(C(=O)[C@H]3CCCO3)CC2)CN1C/C=C/c1ccccc1. The molecule has 1 atom stereocenters. The van der Waals surface area contributed by atoms with E-state index < -0.39 is 0 Å². The fourth-order valence-electron chi connectivity index (χ4n) is 4.54. The average molecular weight is 368 g/mol. The lowest BCUT2D eigenvalue weighted by atomic mass is 9.77. The summed E-state index contributed by atoms with van der Waals surface area (Å²) in [5, 5.41) is 0. The van der Waals surface area contributed by atoms with Crippen LogP contribution in [-0.2, 0) is 14.3 Å². The van der Waals surface area contributed by atoms with Gasteiger partial charge in [0.15, 0.2) is 0 Å². The number of carbonyl (C=O) groups excluding carboxylic acids is 2. The first-order valence-electron chi connectivity index (χ1n) is 10.1. The summed E-state index contributed by atoms with van der Waals surface area (Å²) in [6.45, 7) is 3.68. The van der Waals surface area contributed by atoms with Crippen LogP contribution in [0.5, 0.6) is 0 Å². The molecule has 1 aromatic rings. The third-order valence-electron chi connectivity index (χ3n) is 6.18. The van der Waals surface area contributed by atoms with Gasteiger partial charge in [0.1, 0.15) is 6.10 Å². The average Bonchev–Trinajstić information content (AvgIpc) is 3.32. The fourth-order valence-corrected chi connectivity index (χ4v) is 4.54. The number of ether oxygens (including phenoxy) is 1. The van der Waals surface area contributed by atoms with Crippen LogP contribution in [0.4, 0.5) is 0 Å². The van der Waals surface area contributed by atoms with Crippen LogP contribution in [0.3, 0.4) is 0 Å². The van der Waals surface area contributed by atoms with Gasteiger partial charge in [0.25, 0.3) is 5.91 Å². The Morgan fingerprint density at radius 3 is 2.70 bits per heavy atom. The van der Waals surface area contributed by atoms with Crippen LogP contribution in [0.1, 0.15) is 37.7 Å². The molecule has 5 heteroatoms. The number of hydrogen-bond donors (Lipinski definition) is 0. The Labute approximate surface area is 161 Å². The van der Waals surface area contributed by atoms with Gasteiger partial charge in [-0.2, -0.15) is 0 Å². The molecule has 3 aliphatic heterocycles. The van der Waals surface area contributed by atoms with Gasteiger partial charge >= 0.3 is 0 Å². The van der Waals surface area contributed by atoms with Crippen molar-refractivity contribution in [3.63, 3.8) is 0 Å². The van der Waals surface area contributed by atoms with Crippen molar-refractivity contribution in [1.29, 1.82) is 0 Å². The Morgan fingerprint density at radius 1 is 1.22 bits per heavy atom. The maximum atomic E-state index is 12.5. The van der Waals surface area contributed by atoms with Gasteiger partial charge < -0.3 is 14.5 Å². The molecule has 0 radical (unpaired) electrons. The molecular weight excluding hydrogens is 340 g/mol. The number of nitrogens with zero attached hydrogens (tertiary/aromatic N) is 2. The van der Waals surface area contributed by atoms with E-state index in [1.54, 1.807) is 0 Å². The van der Waals surface area contributed by atoms with Gasteiger partial charge in [-0.1, -0.05) is 42.5 Å². The van der Waals surface area contributed by atoms with E-state index >= 15 is 0 Å². The Bertz CT molecular complexity index is 702. The maximum Gasteiger partial charge on any atom is 0.251 e. The minimum atomic E-state index is -0.233. The highest BCUT2D eigenvalue weighted by Gasteiger charge is 2.45. The summed E-state index contributed by atoms with van der Waals surface area (Å²) < 4.78 is 5.54. The largest absolute Gasteiger partial charge is 0.368 e. The van der Waals surface area contributed by atoms with Crippen LogP contribution < -0.4 is 0 Å². The predicted molar refractivity (Wildman–Crippen MR) is 104 cm³/mol. The minimum absolute atomic E-state index is 0.0466. The smallest absolute Gasteiger partial charge is 0.251 e. The van der Waals surface area contributed by atoms with E-state index in [-0.39, 0.29) is 23.3 Å². The van der Waals surface area contributed by atoms with Crippen LogP contribution >= 0.6 is 0 Å². The van der Waals surface area contributed by atoms with Gasteiger partial charge in [-0.3, -0.25) is 9.59 Å². The molecule has 144 valence electrons. The normalized spacial score (nSPS) is 25.0. The molecule has 0 bridgehead atoms. The van der Waals surface area contributed by atoms with Gasteiger partial charge in [0.05, 0.1) is 0 Å². The molecular formula is C22H28N2O3. The van der Waals surface area contributed by atoms with Crippen LogP contribution in [0.15, 0.2) is 36.4 Å². The molecule has 3 fully saturated rings. The summed E-state index contributed by atoms with van der Waals surface area (Å²) in [5.74, 6) is 0.390. The monoisotopic (exact) mass is 368 g/mol. The second kappa shape index (κ2) is 7.85. The van der Waals surface area contributed by atoms with Crippen LogP contribution in [0, 0.1) is 5.41 Å². The van der Waals surface area contributed by atoms with Gasteiger partial charge in [-0.25, -0.2) is 0 Å². The van der Waals surface area contributed by atoms with E-state index in [1.807, 2.05) is 28.0 Å². The molecule has 4 rings (SSSR count). The molecule has 0 aromatic heterocycles. The molecule has 0 N–H and O–H groups in total. The van der Waals surface area contributed by atoms with Gasteiger partial charge in [0, 0.05) is 44.6 Å². The molecule has 0 saturated carbocycles. The van der Waals surface area contributed by atoms with Crippen LogP contribution in [0.25, 0.3) is 6.08 Å². The van der Waals surface area contributed by atoms with Gasteiger partial charge in [-0.15, -0.1) is 0 Å². The highest BCUT2D eigenvalue weighted by atomic mass is 16.5. The van der Waals surface area contributed by atoms with Crippen molar-refractivity contribution >= 4 is 17.9 Å². The lowest BCUT2D eigenvalue weighted by Gasteiger charge is -2.39. The lowest BCUT2D eigenvalue weighted by molar-refractivity contribution is -0.143. The zero-order valence-corrected chi connectivity index (χ0v) is 15.8. The van der Waals surface area contributed by atoms with Crippen LogP contribution in [0.2, 0.25) is 0 Å². The van der Waals surface area contributed by atoms with E-state index in [0.717, 1.165) is 50.9 Å². The fraction of sp³-hybridized carbons (Fsp3) is 0.545. The molecule has 27 heavy (non-hydrogen) atoms. The van der Waals surface area contributed by atoms with E-state index in [0.29, 0.717) is 19.6 Å². The molecule has 5 nitrogen and oxygen atoms in total. The number of amides is 2. The summed E-state index contributed by atoms with van der Waals surface area (Å²) in [5.41, 5.74) is 1.20. The Morgan fingerprint density at radius 2 is 2.00 bits per heavy atom. The molecule has 0 aliphatic carbocycles. The highest BCUT2D eigenvalue weighted by molar-refractivity contribution is 5.82. The summed E-state index contributed by atoms with van der Waals surface area (Å²) in [7, 11) is 0. The number of likely N-dealkylation sites (tertiary alicyclic amines) is 2. The first-order chi connectivity index (χ1) is 13.2. The number of carbonyl (C=O) groups is 2. The number of hydrogen-bond acceptors (Lipinski definition) is 3. The van der Waals surface area contributed by atoms with E-state index in [4.69, 9.17) is 4.74 Å². The first-order valence-corrected chi connectivity index (χ1v) is 10.1. The van der Waals surface area contributed by atoms with Crippen molar-refractivity contribution in [1.82, 2.24) is 9.80 Å². The lowest BCUT2D eigenvalue weighted by Crippen LogP contribution is -2.47. The highest BCUT2D eigenvalue weighted by Crippen LogP contribution is 2.41. The second-order valence-electron chi connectivity index (χ2n) is 8.09. The number of rotatable bonds is 4. The molecule has 3 heterocycles. The summed E-state index contributed by atoms with van der Waals surface area (Å²) in [4.78, 5) is 28.9. The van der Waals surface area contributed by atoms with Crippen LogP contribution in [-0.4, -0.2) is 60.5 Å². The molecule has 1 spiro atoms. The van der Waals surface area contributed by atoms with E-state index in [9.17, 15) is 9.59 Å². The van der Waals surface area contributed by atoms with Crippen molar-refractivity contribution in [2.75, 3.05) is 32.8 Å². The van der Waals surface area contributed by atoms with Crippen molar-refractivity contribution in [2.45, 2.75) is 38.2 Å². The zero-order valence-electron chi connectivity index (χ0n) is 15.8. The summed E-state index contributed by atoms with van der Waals surface area (Å²) in [6.07, 6.45) is 8.18. The third-order valence-corrected chi connectivity index (χ3v) is 6.18. The van der Waals surface area contributed by atoms with Crippen molar-refractivity contribution < 1.29 is 14.3 Å². The van der Waals surface area contributed by atoms with Crippen molar-refractivity contribution in [2.24, 2.45) is 5.41 Å². The maximum absolute atomic E-state index is 12.5. The molecule has 1 aromatic carbocycles. The van der Waals surface area contributed by atoms with Crippen molar-refractivity contribution in [3.8, 4) is 0 Å². The molecule has 0 unspecified atom stereocenters. The van der Waals surface area contributed by atoms with Gasteiger partial charge in [0.2, 0.25) is 5.91 Å². The van der Waals surface area contributed by atoms with Gasteiger partial charge in [-0.05, 0) is 31.2 Å².